The summed E-state index contributed by atoms with van der Waals surface area (Å²) < 4.78 is 26.1. The highest BCUT2D eigenvalue weighted by molar-refractivity contribution is 7.89. The van der Waals surface area contributed by atoms with Crippen molar-refractivity contribution in [2.75, 3.05) is 24.7 Å². The van der Waals surface area contributed by atoms with Gasteiger partial charge in [-0.05, 0) is 0 Å². The maximum Gasteiger partial charge on any atom is 0.295 e. The Hall–Kier alpha value is -1.61. The number of nitrogens with zero attached hydrogens (tertiary/aromatic N) is 1. The lowest BCUT2D eigenvalue weighted by molar-refractivity contribution is 0.408. The van der Waals surface area contributed by atoms with Crippen molar-refractivity contribution in [1.82, 2.24) is 9.97 Å². The van der Waals surface area contributed by atoms with Crippen LogP contribution in [0.25, 0.3) is 0 Å². The Morgan fingerprint density at radius 2 is 2.31 bits per heavy atom. The molecule has 0 amide bonds. The zero-order valence-corrected chi connectivity index (χ0v) is 9.37. The van der Waals surface area contributed by atoms with E-state index in [1.807, 2.05) is 0 Å². The maximum atomic E-state index is 11.2. The quantitative estimate of drug-likeness (QED) is 0.580. The van der Waals surface area contributed by atoms with E-state index in [1.54, 1.807) is 0 Å². The lowest BCUT2D eigenvalue weighted by atomic mass is 10.5. The number of rotatable bonds is 5. The molecule has 16 heavy (non-hydrogen) atoms. The fraction of sp³-hybridized carbons (Fsp3) is 0.429. The molecule has 9 heteroatoms. The second kappa shape index (κ2) is 4.94. The van der Waals surface area contributed by atoms with Crippen molar-refractivity contribution >= 4 is 15.8 Å². The van der Waals surface area contributed by atoms with Crippen LogP contribution in [0, 0.1) is 0 Å². The zero-order chi connectivity index (χ0) is 12.2. The van der Waals surface area contributed by atoms with E-state index in [2.05, 4.69) is 15.3 Å². The van der Waals surface area contributed by atoms with Gasteiger partial charge in [0, 0.05) is 6.54 Å². The third-order valence-electron chi connectivity index (χ3n) is 1.69. The first kappa shape index (κ1) is 12.5. The summed E-state index contributed by atoms with van der Waals surface area (Å²) in [5.74, 6) is -0.0863. The molecule has 0 saturated carbocycles. The van der Waals surface area contributed by atoms with E-state index in [0.717, 1.165) is 0 Å². The average Bonchev–Trinajstić information content (AvgIpc) is 2.16. The largest absolute Gasteiger partial charge is 0.489 e. The third-order valence-corrected chi connectivity index (χ3v) is 2.47. The fourth-order valence-electron chi connectivity index (χ4n) is 1.01. The molecule has 4 N–H and O–H groups in total. The Bertz CT molecular complexity index is 509. The van der Waals surface area contributed by atoms with E-state index in [0.29, 0.717) is 0 Å². The minimum atomic E-state index is -3.54. The molecule has 0 aliphatic rings. The van der Waals surface area contributed by atoms with Gasteiger partial charge in [0.15, 0.2) is 5.82 Å². The molecule has 1 heterocycles. The molecule has 0 saturated heterocycles. The molecule has 0 bridgehead atoms. The van der Waals surface area contributed by atoms with Crippen molar-refractivity contribution in [2.45, 2.75) is 0 Å². The van der Waals surface area contributed by atoms with Gasteiger partial charge in [-0.3, -0.25) is 4.79 Å². The summed E-state index contributed by atoms with van der Waals surface area (Å²) in [6, 6.07) is 0. The van der Waals surface area contributed by atoms with Crippen LogP contribution in [0.15, 0.2) is 11.1 Å². The number of nitrogens with one attached hydrogen (secondary N) is 2. The molecule has 0 radical (unpaired) electrons. The number of ether oxygens (including phenoxy) is 1. The first-order valence-electron chi connectivity index (χ1n) is 4.30. The molecular weight excluding hydrogens is 236 g/mol. The van der Waals surface area contributed by atoms with Gasteiger partial charge in [0.1, 0.15) is 0 Å². The highest BCUT2D eigenvalue weighted by Gasteiger charge is 2.09. The number of aromatic amines is 1. The Balaban J connectivity index is 2.75. The highest BCUT2D eigenvalue weighted by Crippen LogP contribution is 2.13. The summed E-state index contributed by atoms with van der Waals surface area (Å²) in [4.78, 5) is 17.4. The van der Waals surface area contributed by atoms with Gasteiger partial charge in [-0.15, -0.1) is 0 Å². The standard InChI is InChI=1S/C7H12N4O4S/c1-15-5-6(10-4-11-7(5)12)9-2-3-16(8,13)14/h4H,2-3H2,1H3,(H2,8,13,14)(H2,9,10,11,12). The van der Waals surface area contributed by atoms with Gasteiger partial charge in [-0.25, -0.2) is 18.5 Å². The number of H-pyrrole nitrogens is 1. The van der Waals surface area contributed by atoms with Crippen LogP contribution >= 0.6 is 0 Å². The SMILES string of the molecule is COc1c(NCCS(N)(=O)=O)nc[nH]c1=O. The average molecular weight is 248 g/mol. The summed E-state index contributed by atoms with van der Waals surface area (Å²) in [6.07, 6.45) is 1.18. The monoisotopic (exact) mass is 248 g/mol. The van der Waals surface area contributed by atoms with E-state index in [1.165, 1.54) is 13.4 Å². The van der Waals surface area contributed by atoms with Gasteiger partial charge < -0.3 is 15.0 Å². The number of methoxy groups -OCH3 is 1. The number of nitrogens with two attached hydrogens (primary N) is 1. The summed E-state index contributed by atoms with van der Waals surface area (Å²) in [5.41, 5.74) is -0.449. The molecule has 0 atom stereocenters. The van der Waals surface area contributed by atoms with Crippen molar-refractivity contribution in [2.24, 2.45) is 5.14 Å². The molecule has 0 aliphatic carbocycles. The van der Waals surface area contributed by atoms with Gasteiger partial charge in [0.25, 0.3) is 5.56 Å². The van der Waals surface area contributed by atoms with Crippen molar-refractivity contribution < 1.29 is 13.2 Å². The van der Waals surface area contributed by atoms with Crippen LogP contribution in [-0.2, 0) is 10.0 Å². The number of hydrogen-bond donors (Lipinski definition) is 3. The predicted octanol–water partition coefficient (Wildman–Crippen LogP) is -1.52. The second-order valence-corrected chi connectivity index (χ2v) is 4.64. The van der Waals surface area contributed by atoms with Gasteiger partial charge in [0.05, 0.1) is 19.2 Å². The van der Waals surface area contributed by atoms with Crippen LogP contribution in [0.2, 0.25) is 0 Å². The molecule has 0 spiro atoms. The Kier molecular flexibility index (Phi) is 3.85. The van der Waals surface area contributed by atoms with Crippen LogP contribution in [0.3, 0.4) is 0 Å². The van der Waals surface area contributed by atoms with Gasteiger partial charge in [-0.2, -0.15) is 0 Å². The molecule has 8 nitrogen and oxygen atoms in total. The van der Waals surface area contributed by atoms with Crippen LogP contribution in [0.4, 0.5) is 5.82 Å². The lowest BCUT2D eigenvalue weighted by Crippen LogP contribution is -2.23. The maximum absolute atomic E-state index is 11.2. The molecule has 1 aromatic rings. The fourth-order valence-corrected chi connectivity index (χ4v) is 1.40. The Morgan fingerprint density at radius 3 is 2.88 bits per heavy atom. The first-order valence-corrected chi connectivity index (χ1v) is 6.01. The van der Waals surface area contributed by atoms with E-state index in [9.17, 15) is 13.2 Å². The van der Waals surface area contributed by atoms with Crippen LogP contribution < -0.4 is 20.8 Å². The third kappa shape index (κ3) is 3.51. The Labute approximate surface area is 91.9 Å². The van der Waals surface area contributed by atoms with Crippen LogP contribution in [-0.4, -0.2) is 37.8 Å². The van der Waals surface area contributed by atoms with E-state index in [-0.39, 0.29) is 23.9 Å². The predicted molar refractivity (Wildman–Crippen MR) is 57.9 cm³/mol. The number of aromatic nitrogens is 2. The summed E-state index contributed by atoms with van der Waals surface area (Å²) >= 11 is 0. The van der Waals surface area contributed by atoms with E-state index < -0.39 is 15.6 Å². The molecule has 1 rings (SSSR count). The summed E-state index contributed by atoms with van der Waals surface area (Å²) in [5, 5.41) is 7.46. The van der Waals surface area contributed by atoms with Gasteiger partial charge in [0.2, 0.25) is 15.8 Å². The van der Waals surface area contributed by atoms with Crippen molar-refractivity contribution in [1.29, 1.82) is 0 Å². The second-order valence-electron chi connectivity index (χ2n) is 2.91. The Morgan fingerprint density at radius 1 is 1.62 bits per heavy atom. The molecule has 0 fully saturated rings. The van der Waals surface area contributed by atoms with Crippen molar-refractivity contribution in [3.05, 3.63) is 16.7 Å². The van der Waals surface area contributed by atoms with Gasteiger partial charge >= 0.3 is 0 Å². The minimum absolute atomic E-state index is 0.00285. The zero-order valence-electron chi connectivity index (χ0n) is 8.56. The molecule has 1 aromatic heterocycles. The molecule has 0 aromatic carbocycles. The lowest BCUT2D eigenvalue weighted by Gasteiger charge is -2.07. The summed E-state index contributed by atoms with van der Waals surface area (Å²) in [6.45, 7) is 0.0473. The number of sulfonamides is 1. The topological polar surface area (TPSA) is 127 Å². The van der Waals surface area contributed by atoms with Crippen LogP contribution in [0.5, 0.6) is 5.75 Å². The van der Waals surface area contributed by atoms with Gasteiger partial charge in [-0.1, -0.05) is 0 Å². The van der Waals surface area contributed by atoms with E-state index >= 15 is 0 Å². The smallest absolute Gasteiger partial charge is 0.295 e. The van der Waals surface area contributed by atoms with Crippen LogP contribution in [0.1, 0.15) is 0 Å². The van der Waals surface area contributed by atoms with Crippen molar-refractivity contribution in [3.8, 4) is 5.75 Å². The highest BCUT2D eigenvalue weighted by atomic mass is 32.2. The molecule has 0 unspecified atom stereocenters. The molecule has 0 aliphatic heterocycles. The summed E-state index contributed by atoms with van der Waals surface area (Å²) in [7, 11) is -2.22. The number of primary sulfonamides is 1. The first-order chi connectivity index (χ1) is 7.44. The number of anilines is 1. The van der Waals surface area contributed by atoms with Crippen molar-refractivity contribution in [3.63, 3.8) is 0 Å². The normalized spacial score (nSPS) is 11.1. The van der Waals surface area contributed by atoms with E-state index in [4.69, 9.17) is 9.88 Å². The minimum Gasteiger partial charge on any atom is -0.489 e. The molecular formula is C7H12N4O4S. The number of hydrogen-bond acceptors (Lipinski definition) is 6. The molecule has 90 valence electrons.